The minimum Gasteiger partial charge on any atom is -0.0654 e. The van der Waals surface area contributed by atoms with Crippen LogP contribution in [0.5, 0.6) is 0 Å². The maximum Gasteiger partial charge on any atom is -0.00961 e. The van der Waals surface area contributed by atoms with Gasteiger partial charge in [0.05, 0.1) is 0 Å². The van der Waals surface area contributed by atoms with Crippen LogP contribution in [0.4, 0.5) is 0 Å². The normalized spacial score (nSPS) is 11.2. The van der Waals surface area contributed by atoms with Crippen LogP contribution >= 0.6 is 0 Å². The first kappa shape index (κ1) is 13.2. The van der Waals surface area contributed by atoms with Crippen molar-refractivity contribution in [3.05, 3.63) is 60.2 Å². The summed E-state index contributed by atoms with van der Waals surface area (Å²) < 4.78 is 0. The van der Waals surface area contributed by atoms with Crippen molar-refractivity contribution in [3.63, 3.8) is 0 Å². The van der Waals surface area contributed by atoms with Gasteiger partial charge in [0.25, 0.3) is 0 Å². The van der Waals surface area contributed by atoms with E-state index in [1.165, 1.54) is 59.2 Å². The summed E-state index contributed by atoms with van der Waals surface area (Å²) in [5, 5.41) is 5.15. The molecule has 0 unspecified atom stereocenters. The van der Waals surface area contributed by atoms with Crippen LogP contribution in [0.1, 0.15) is 38.2 Å². The van der Waals surface area contributed by atoms with Gasteiger partial charge in [0.15, 0.2) is 0 Å². The van der Waals surface area contributed by atoms with Gasteiger partial charge in [-0.25, -0.2) is 0 Å². The van der Waals surface area contributed by atoms with Gasteiger partial charge in [-0.3, -0.25) is 0 Å². The molecule has 101 valence electrons. The Morgan fingerprint density at radius 3 is 2.45 bits per heavy atom. The highest BCUT2D eigenvalue weighted by atomic mass is 14.0. The van der Waals surface area contributed by atoms with Crippen LogP contribution in [0.25, 0.3) is 21.5 Å². The lowest BCUT2D eigenvalue weighted by Gasteiger charge is -2.05. The summed E-state index contributed by atoms with van der Waals surface area (Å²) in [4.78, 5) is 0. The van der Waals surface area contributed by atoms with Gasteiger partial charge in [-0.15, -0.1) is 0 Å². The van der Waals surface area contributed by atoms with Crippen LogP contribution in [0, 0.1) is 6.07 Å². The Labute approximate surface area is 121 Å². The van der Waals surface area contributed by atoms with Crippen LogP contribution in [-0.4, -0.2) is 0 Å². The predicted octanol–water partition coefficient (Wildman–Crippen LogP) is 5.92. The molecule has 1 radical (unpaired) electrons. The zero-order chi connectivity index (χ0) is 13.8. The lowest BCUT2D eigenvalue weighted by Crippen LogP contribution is -1.87. The maximum absolute atomic E-state index is 3.45. The first-order chi connectivity index (χ1) is 9.86. The van der Waals surface area contributed by atoms with Crippen LogP contribution < -0.4 is 0 Å². The van der Waals surface area contributed by atoms with Crippen molar-refractivity contribution in [1.82, 2.24) is 0 Å². The van der Waals surface area contributed by atoms with Crippen LogP contribution in [0.3, 0.4) is 0 Å². The molecule has 0 heteroatoms. The van der Waals surface area contributed by atoms with E-state index in [1.807, 2.05) is 0 Å². The van der Waals surface area contributed by atoms with Crippen molar-refractivity contribution in [2.75, 3.05) is 0 Å². The van der Waals surface area contributed by atoms with E-state index in [-0.39, 0.29) is 0 Å². The van der Waals surface area contributed by atoms with E-state index in [1.54, 1.807) is 0 Å². The zero-order valence-electron chi connectivity index (χ0n) is 12.2. The number of rotatable bonds is 5. The zero-order valence-corrected chi connectivity index (χ0v) is 12.2. The molecule has 0 aliphatic carbocycles. The van der Waals surface area contributed by atoms with E-state index in [4.69, 9.17) is 0 Å². The van der Waals surface area contributed by atoms with Crippen LogP contribution in [0.15, 0.2) is 48.5 Å². The number of fused-ring (bicyclic) bond motifs is 2. The highest BCUT2D eigenvalue weighted by Gasteiger charge is 2.00. The summed E-state index contributed by atoms with van der Waals surface area (Å²) in [6, 6.07) is 21.0. The maximum atomic E-state index is 3.45. The summed E-state index contributed by atoms with van der Waals surface area (Å²) in [6.45, 7) is 2.26. The lowest BCUT2D eigenvalue weighted by atomic mass is 9.99. The molecular weight excluding hydrogens is 240 g/mol. The van der Waals surface area contributed by atoms with E-state index in [0.717, 1.165) is 0 Å². The van der Waals surface area contributed by atoms with Crippen molar-refractivity contribution in [2.45, 2.75) is 39.0 Å². The van der Waals surface area contributed by atoms with E-state index >= 15 is 0 Å². The van der Waals surface area contributed by atoms with Crippen molar-refractivity contribution in [2.24, 2.45) is 0 Å². The van der Waals surface area contributed by atoms with Crippen molar-refractivity contribution >= 4 is 21.5 Å². The highest BCUT2D eigenvalue weighted by Crippen LogP contribution is 2.24. The van der Waals surface area contributed by atoms with E-state index in [9.17, 15) is 0 Å². The van der Waals surface area contributed by atoms with Gasteiger partial charge in [0.1, 0.15) is 0 Å². The fourth-order valence-electron chi connectivity index (χ4n) is 2.81. The Morgan fingerprint density at radius 2 is 1.65 bits per heavy atom. The SMILES string of the molecule is CCCCCCc1c[c]c2cc3ccccc3cc2c1. The Morgan fingerprint density at radius 1 is 0.850 bits per heavy atom. The van der Waals surface area contributed by atoms with Crippen molar-refractivity contribution in [3.8, 4) is 0 Å². The number of hydrogen-bond donors (Lipinski definition) is 0. The summed E-state index contributed by atoms with van der Waals surface area (Å²) >= 11 is 0. The molecule has 0 nitrogen and oxygen atoms in total. The van der Waals surface area contributed by atoms with Gasteiger partial charge in [-0.1, -0.05) is 62.6 Å². The molecule has 0 N–H and O–H groups in total. The minimum absolute atomic E-state index is 1.18. The van der Waals surface area contributed by atoms with Crippen molar-refractivity contribution in [1.29, 1.82) is 0 Å². The van der Waals surface area contributed by atoms with E-state index in [2.05, 4.69) is 61.5 Å². The van der Waals surface area contributed by atoms with Gasteiger partial charge in [-0.05, 0) is 58.1 Å². The second-order valence-electron chi connectivity index (χ2n) is 5.61. The molecule has 3 aromatic carbocycles. The summed E-state index contributed by atoms with van der Waals surface area (Å²) in [6.07, 6.45) is 6.46. The number of benzene rings is 3. The summed E-state index contributed by atoms with van der Waals surface area (Å²) in [5.74, 6) is 0. The monoisotopic (exact) mass is 261 g/mol. The minimum atomic E-state index is 1.18. The fourth-order valence-corrected chi connectivity index (χ4v) is 2.81. The van der Waals surface area contributed by atoms with E-state index < -0.39 is 0 Å². The molecule has 0 fully saturated rings. The Balaban J connectivity index is 1.88. The first-order valence-electron chi connectivity index (χ1n) is 7.70. The Hall–Kier alpha value is -1.82. The molecule has 0 saturated heterocycles. The average molecular weight is 261 g/mol. The van der Waals surface area contributed by atoms with Crippen molar-refractivity contribution < 1.29 is 0 Å². The molecule has 0 saturated carbocycles. The van der Waals surface area contributed by atoms with Gasteiger partial charge < -0.3 is 0 Å². The molecule has 0 aromatic heterocycles. The quantitative estimate of drug-likeness (QED) is 0.395. The molecule has 3 aromatic rings. The van der Waals surface area contributed by atoms with Gasteiger partial charge >= 0.3 is 0 Å². The van der Waals surface area contributed by atoms with Gasteiger partial charge in [-0.2, -0.15) is 0 Å². The van der Waals surface area contributed by atoms with E-state index in [0.29, 0.717) is 0 Å². The largest absolute Gasteiger partial charge is 0.0654 e. The molecule has 0 atom stereocenters. The highest BCUT2D eigenvalue weighted by molar-refractivity contribution is 5.98. The smallest absolute Gasteiger partial charge is 0.00961 e. The average Bonchev–Trinajstić information content (AvgIpc) is 2.49. The topological polar surface area (TPSA) is 0 Å². The lowest BCUT2D eigenvalue weighted by molar-refractivity contribution is 0.667. The third-order valence-corrected chi connectivity index (χ3v) is 3.99. The molecule has 0 aliphatic rings. The molecule has 3 rings (SSSR count). The fraction of sp³-hybridized carbons (Fsp3) is 0.300. The predicted molar refractivity (Wildman–Crippen MR) is 88.1 cm³/mol. The van der Waals surface area contributed by atoms with Gasteiger partial charge in [0, 0.05) is 0 Å². The van der Waals surface area contributed by atoms with Gasteiger partial charge in [0.2, 0.25) is 0 Å². The molecule has 0 amide bonds. The number of hydrogen-bond acceptors (Lipinski definition) is 0. The molecule has 0 bridgehead atoms. The molecule has 0 heterocycles. The third-order valence-electron chi connectivity index (χ3n) is 3.99. The molecular formula is C20H21. The first-order valence-corrected chi connectivity index (χ1v) is 7.70. The Kier molecular flexibility index (Phi) is 4.01. The Bertz CT molecular complexity index is 709. The standard InChI is InChI=1S/C20H21/c1-2-3-4-5-8-16-11-12-19-14-17-9-6-7-10-18(17)15-20(19)13-16/h6-7,9-11,13-15H,2-5,8H2,1H3. The van der Waals surface area contributed by atoms with Crippen LogP contribution in [-0.2, 0) is 6.42 Å². The molecule has 0 spiro atoms. The third kappa shape index (κ3) is 2.85. The second-order valence-corrected chi connectivity index (χ2v) is 5.61. The number of aryl methyl sites for hydroxylation is 1. The summed E-state index contributed by atoms with van der Waals surface area (Å²) in [7, 11) is 0. The number of unbranched alkanes of at least 4 members (excludes halogenated alkanes) is 3. The molecule has 20 heavy (non-hydrogen) atoms. The summed E-state index contributed by atoms with van der Waals surface area (Å²) in [5.41, 5.74) is 1.42. The molecule has 0 aliphatic heterocycles. The second kappa shape index (κ2) is 6.09. The van der Waals surface area contributed by atoms with Crippen LogP contribution in [0.2, 0.25) is 0 Å².